The largest absolute Gasteiger partial charge is 0.343 e. The van der Waals surface area contributed by atoms with Crippen LogP contribution in [0.5, 0.6) is 0 Å². The Morgan fingerprint density at radius 1 is 1.05 bits per heavy atom. The Hall–Kier alpha value is -2.47. The third kappa shape index (κ3) is 2.75. The van der Waals surface area contributed by atoms with Crippen LogP contribution in [0.1, 0.15) is 0 Å². The van der Waals surface area contributed by atoms with Crippen LogP contribution in [0.2, 0.25) is 0 Å². The summed E-state index contributed by atoms with van der Waals surface area (Å²) < 4.78 is 1.77. The summed E-state index contributed by atoms with van der Waals surface area (Å²) in [4.78, 5) is 0. The van der Waals surface area contributed by atoms with E-state index in [9.17, 15) is 0 Å². The highest BCUT2D eigenvalue weighted by molar-refractivity contribution is 7.80. The van der Waals surface area contributed by atoms with Gasteiger partial charge in [0.25, 0.3) is 0 Å². The summed E-state index contributed by atoms with van der Waals surface area (Å²) in [7, 11) is 0. The van der Waals surface area contributed by atoms with Crippen LogP contribution in [0.15, 0.2) is 54.6 Å². The minimum atomic E-state index is 0.471. The number of para-hydroxylation sites is 2. The molecule has 0 aliphatic heterocycles. The number of fused-ring (bicyclic) bond motifs is 1. The van der Waals surface area contributed by atoms with E-state index < -0.39 is 0 Å². The van der Waals surface area contributed by atoms with E-state index in [0.29, 0.717) is 11.8 Å². The Morgan fingerprint density at radius 3 is 2.65 bits per heavy atom. The van der Waals surface area contributed by atoms with E-state index in [2.05, 4.69) is 20.9 Å². The molecule has 5 nitrogen and oxygen atoms in total. The maximum atomic E-state index is 5.25. The Labute approximate surface area is 121 Å². The zero-order valence-electron chi connectivity index (χ0n) is 10.7. The van der Waals surface area contributed by atoms with E-state index in [-0.39, 0.29) is 0 Å². The van der Waals surface area contributed by atoms with Gasteiger partial charge in [-0.25, -0.2) is 4.68 Å². The predicted molar refractivity (Wildman–Crippen MR) is 83.3 cm³/mol. The smallest absolute Gasteiger partial charge is 0.172 e. The Bertz CT molecular complexity index is 723. The molecule has 0 aliphatic carbocycles. The maximum Gasteiger partial charge on any atom is 0.172 e. The molecule has 0 saturated carbocycles. The van der Waals surface area contributed by atoms with Crippen LogP contribution in [0, 0.1) is 0 Å². The molecule has 100 valence electrons. The zero-order valence-corrected chi connectivity index (χ0v) is 11.5. The molecule has 0 spiro atoms. The monoisotopic (exact) mass is 283 g/mol. The van der Waals surface area contributed by atoms with E-state index in [4.69, 9.17) is 12.2 Å². The fourth-order valence-electron chi connectivity index (χ4n) is 1.88. The predicted octanol–water partition coefficient (Wildman–Crippen LogP) is 2.38. The van der Waals surface area contributed by atoms with Crippen LogP contribution in [0.25, 0.3) is 11.0 Å². The number of hydrogen-bond donors (Lipinski definition) is 2. The van der Waals surface area contributed by atoms with Gasteiger partial charge in [0.05, 0.1) is 5.52 Å². The molecule has 1 heterocycles. The quantitative estimate of drug-likeness (QED) is 0.723. The Balaban J connectivity index is 1.63. The van der Waals surface area contributed by atoms with Crippen LogP contribution >= 0.6 is 12.2 Å². The molecule has 2 N–H and O–H groups in total. The number of hydrogen-bond acceptors (Lipinski definition) is 3. The number of nitrogens with one attached hydrogen (secondary N) is 2. The van der Waals surface area contributed by atoms with Crippen LogP contribution in [0.4, 0.5) is 5.69 Å². The minimum absolute atomic E-state index is 0.471. The molecule has 0 fully saturated rings. The number of aromatic nitrogens is 3. The lowest BCUT2D eigenvalue weighted by atomic mass is 10.3. The van der Waals surface area contributed by atoms with Crippen molar-refractivity contribution >= 4 is 34.1 Å². The van der Waals surface area contributed by atoms with E-state index in [0.717, 1.165) is 16.7 Å². The van der Waals surface area contributed by atoms with Crippen molar-refractivity contribution in [1.29, 1.82) is 0 Å². The number of nitrogens with zero attached hydrogens (tertiary/aromatic N) is 3. The van der Waals surface area contributed by atoms with Gasteiger partial charge in [0, 0.05) is 5.69 Å². The molecule has 0 aliphatic rings. The van der Waals surface area contributed by atoms with Crippen molar-refractivity contribution < 1.29 is 0 Å². The van der Waals surface area contributed by atoms with E-state index in [1.54, 1.807) is 4.68 Å². The average molecular weight is 283 g/mol. The SMILES string of the molecule is S=C(NCn1nnc2ccccc21)Nc1ccccc1. The third-order valence-electron chi connectivity index (χ3n) is 2.84. The Morgan fingerprint density at radius 2 is 1.80 bits per heavy atom. The van der Waals surface area contributed by atoms with E-state index in [1.165, 1.54) is 0 Å². The number of anilines is 1. The first-order chi connectivity index (χ1) is 9.83. The standard InChI is InChI=1S/C14H13N5S/c20-14(16-11-6-2-1-3-7-11)15-10-19-13-9-5-4-8-12(13)17-18-19/h1-9H,10H2,(H2,15,16,20). The molecule has 0 unspecified atom stereocenters. The molecule has 0 saturated heterocycles. The van der Waals surface area contributed by atoms with Gasteiger partial charge in [-0.2, -0.15) is 0 Å². The fraction of sp³-hybridized carbons (Fsp3) is 0.0714. The van der Waals surface area contributed by atoms with Gasteiger partial charge in [-0.05, 0) is 36.5 Å². The van der Waals surface area contributed by atoms with Gasteiger partial charge < -0.3 is 10.6 Å². The zero-order chi connectivity index (χ0) is 13.8. The first-order valence-corrected chi connectivity index (χ1v) is 6.62. The minimum Gasteiger partial charge on any atom is -0.343 e. The van der Waals surface area contributed by atoms with E-state index >= 15 is 0 Å². The lowest BCUT2D eigenvalue weighted by Gasteiger charge is -2.10. The Kier molecular flexibility index (Phi) is 3.56. The second kappa shape index (κ2) is 5.66. The molecule has 0 radical (unpaired) electrons. The van der Waals surface area contributed by atoms with Gasteiger partial charge in [-0.15, -0.1) is 5.10 Å². The van der Waals surface area contributed by atoms with Crippen molar-refractivity contribution in [2.75, 3.05) is 5.32 Å². The van der Waals surface area contributed by atoms with Crippen LogP contribution in [-0.4, -0.2) is 20.1 Å². The second-order valence-corrected chi connectivity index (χ2v) is 4.64. The molecular weight excluding hydrogens is 270 g/mol. The highest BCUT2D eigenvalue weighted by Crippen LogP contribution is 2.09. The topological polar surface area (TPSA) is 54.8 Å². The summed E-state index contributed by atoms with van der Waals surface area (Å²) in [5.41, 5.74) is 2.80. The molecule has 1 aromatic heterocycles. The molecule has 2 aromatic carbocycles. The second-order valence-electron chi connectivity index (χ2n) is 4.23. The number of rotatable bonds is 3. The van der Waals surface area contributed by atoms with Crippen molar-refractivity contribution in [2.45, 2.75) is 6.67 Å². The maximum absolute atomic E-state index is 5.25. The first kappa shape index (κ1) is 12.6. The van der Waals surface area contributed by atoms with Crippen LogP contribution in [0.3, 0.4) is 0 Å². The normalized spacial score (nSPS) is 10.4. The third-order valence-corrected chi connectivity index (χ3v) is 3.09. The van der Waals surface area contributed by atoms with Gasteiger partial charge in [0.15, 0.2) is 5.11 Å². The van der Waals surface area contributed by atoms with Crippen molar-refractivity contribution in [3.05, 3.63) is 54.6 Å². The molecule has 6 heteroatoms. The highest BCUT2D eigenvalue weighted by Gasteiger charge is 2.03. The summed E-state index contributed by atoms with van der Waals surface area (Å²) in [5, 5.41) is 15.0. The summed E-state index contributed by atoms with van der Waals surface area (Å²) in [5.74, 6) is 0. The summed E-state index contributed by atoms with van der Waals surface area (Å²) in [6.45, 7) is 0.471. The first-order valence-electron chi connectivity index (χ1n) is 6.21. The van der Waals surface area contributed by atoms with Crippen LogP contribution in [-0.2, 0) is 6.67 Å². The van der Waals surface area contributed by atoms with Crippen molar-refractivity contribution in [2.24, 2.45) is 0 Å². The molecular formula is C14H13N5S. The molecule has 3 aromatic rings. The average Bonchev–Trinajstić information content (AvgIpc) is 2.89. The lowest BCUT2D eigenvalue weighted by Crippen LogP contribution is -2.30. The van der Waals surface area contributed by atoms with Crippen molar-refractivity contribution in [3.8, 4) is 0 Å². The highest BCUT2D eigenvalue weighted by atomic mass is 32.1. The van der Waals surface area contributed by atoms with Gasteiger partial charge in [-0.1, -0.05) is 35.5 Å². The molecule has 0 atom stereocenters. The molecule has 0 amide bonds. The fourth-order valence-corrected chi connectivity index (χ4v) is 2.06. The molecule has 0 bridgehead atoms. The van der Waals surface area contributed by atoms with E-state index in [1.807, 2.05) is 54.6 Å². The van der Waals surface area contributed by atoms with Gasteiger partial charge >= 0.3 is 0 Å². The molecule has 3 rings (SSSR count). The summed E-state index contributed by atoms with van der Waals surface area (Å²) in [6, 6.07) is 17.6. The summed E-state index contributed by atoms with van der Waals surface area (Å²) in [6.07, 6.45) is 0. The van der Waals surface area contributed by atoms with Gasteiger partial charge in [-0.3, -0.25) is 0 Å². The number of benzene rings is 2. The lowest BCUT2D eigenvalue weighted by molar-refractivity contribution is 0.586. The summed E-state index contributed by atoms with van der Waals surface area (Å²) >= 11 is 5.25. The van der Waals surface area contributed by atoms with Gasteiger partial charge in [0.1, 0.15) is 12.2 Å². The number of thiocarbonyl (C=S) groups is 1. The van der Waals surface area contributed by atoms with Gasteiger partial charge in [0.2, 0.25) is 0 Å². The molecule has 20 heavy (non-hydrogen) atoms. The van der Waals surface area contributed by atoms with Crippen molar-refractivity contribution in [1.82, 2.24) is 20.3 Å². The van der Waals surface area contributed by atoms with Crippen molar-refractivity contribution in [3.63, 3.8) is 0 Å². The van der Waals surface area contributed by atoms with Crippen LogP contribution < -0.4 is 10.6 Å².